The van der Waals surface area contributed by atoms with Crippen molar-refractivity contribution in [1.29, 1.82) is 0 Å². The number of amides is 1. The molecule has 0 aromatic rings. The van der Waals surface area contributed by atoms with Crippen molar-refractivity contribution in [3.8, 4) is 0 Å². The lowest BCUT2D eigenvalue weighted by Crippen LogP contribution is -2.50. The van der Waals surface area contributed by atoms with Gasteiger partial charge in [-0.05, 0) is 20.4 Å². The van der Waals surface area contributed by atoms with Crippen molar-refractivity contribution in [3.63, 3.8) is 0 Å². The van der Waals surface area contributed by atoms with Crippen LogP contribution in [0.3, 0.4) is 0 Å². The van der Waals surface area contributed by atoms with Crippen LogP contribution < -0.4 is 5.32 Å². The zero-order valence-corrected chi connectivity index (χ0v) is 13.2. The zero-order valence-electron chi connectivity index (χ0n) is 12.3. The van der Waals surface area contributed by atoms with Gasteiger partial charge >= 0.3 is 0 Å². The number of carbonyl (C=O) groups excluding carboxylic acids is 1. The van der Waals surface area contributed by atoms with E-state index < -0.39 is 9.84 Å². The Morgan fingerprint density at radius 3 is 2.50 bits per heavy atom. The maximum atomic E-state index is 12.0. The fourth-order valence-corrected chi connectivity index (χ4v) is 4.57. The average Bonchev–Trinajstić information content (AvgIpc) is 2.73. The monoisotopic (exact) mass is 303 g/mol. The molecule has 2 atom stereocenters. The van der Waals surface area contributed by atoms with Crippen molar-refractivity contribution in [1.82, 2.24) is 15.1 Å². The molecule has 116 valence electrons. The van der Waals surface area contributed by atoms with Crippen molar-refractivity contribution in [2.75, 3.05) is 51.3 Å². The van der Waals surface area contributed by atoms with Crippen LogP contribution in [0.15, 0.2) is 0 Å². The Labute approximate surface area is 121 Å². The SMILES string of the molecule is CC(CN1CCN(C)CC1)NC(=O)C1CCS(=O)(=O)C1. The third kappa shape index (κ3) is 4.43. The van der Waals surface area contributed by atoms with E-state index in [4.69, 9.17) is 0 Å². The molecule has 2 fully saturated rings. The van der Waals surface area contributed by atoms with E-state index in [1.54, 1.807) is 0 Å². The molecule has 1 N–H and O–H groups in total. The van der Waals surface area contributed by atoms with Gasteiger partial charge in [0.25, 0.3) is 0 Å². The molecule has 0 aliphatic carbocycles. The maximum absolute atomic E-state index is 12.0. The van der Waals surface area contributed by atoms with Gasteiger partial charge in [0.2, 0.25) is 5.91 Å². The number of nitrogens with one attached hydrogen (secondary N) is 1. The highest BCUT2D eigenvalue weighted by atomic mass is 32.2. The van der Waals surface area contributed by atoms with Crippen LogP contribution in [0.25, 0.3) is 0 Å². The van der Waals surface area contributed by atoms with Crippen LogP contribution in [0.5, 0.6) is 0 Å². The number of rotatable bonds is 4. The minimum Gasteiger partial charge on any atom is -0.352 e. The number of likely N-dealkylation sites (N-methyl/N-ethyl adjacent to an activating group) is 1. The van der Waals surface area contributed by atoms with Gasteiger partial charge in [0.05, 0.1) is 17.4 Å². The summed E-state index contributed by atoms with van der Waals surface area (Å²) in [6, 6.07) is 0.0641. The van der Waals surface area contributed by atoms with E-state index >= 15 is 0 Å². The van der Waals surface area contributed by atoms with Crippen LogP contribution in [0.2, 0.25) is 0 Å². The number of nitrogens with zero attached hydrogens (tertiary/aromatic N) is 2. The number of hydrogen-bond donors (Lipinski definition) is 1. The van der Waals surface area contributed by atoms with E-state index in [9.17, 15) is 13.2 Å². The number of sulfone groups is 1. The van der Waals surface area contributed by atoms with Gasteiger partial charge < -0.3 is 10.2 Å². The van der Waals surface area contributed by atoms with E-state index in [0.717, 1.165) is 32.7 Å². The molecule has 0 radical (unpaired) electrons. The number of hydrogen-bond acceptors (Lipinski definition) is 5. The fourth-order valence-electron chi connectivity index (χ4n) is 2.83. The highest BCUT2D eigenvalue weighted by Crippen LogP contribution is 2.18. The molecule has 0 aromatic carbocycles. The fraction of sp³-hybridized carbons (Fsp3) is 0.923. The largest absolute Gasteiger partial charge is 0.352 e. The van der Waals surface area contributed by atoms with Crippen molar-refractivity contribution < 1.29 is 13.2 Å². The first-order valence-corrected chi connectivity index (χ1v) is 9.09. The summed E-state index contributed by atoms with van der Waals surface area (Å²) in [6.07, 6.45) is 0.468. The Kier molecular flexibility index (Phi) is 5.04. The minimum atomic E-state index is -2.99. The first kappa shape index (κ1) is 15.7. The zero-order chi connectivity index (χ0) is 14.8. The van der Waals surface area contributed by atoms with Crippen LogP contribution in [-0.2, 0) is 14.6 Å². The molecule has 2 rings (SSSR count). The lowest BCUT2D eigenvalue weighted by atomic mass is 10.1. The van der Waals surface area contributed by atoms with Crippen LogP contribution in [0.1, 0.15) is 13.3 Å². The first-order chi connectivity index (χ1) is 9.35. The normalized spacial score (nSPS) is 29.2. The van der Waals surface area contributed by atoms with Crippen molar-refractivity contribution in [2.24, 2.45) is 5.92 Å². The van der Waals surface area contributed by atoms with Crippen LogP contribution in [0, 0.1) is 5.92 Å². The molecule has 2 aliphatic rings. The minimum absolute atomic E-state index is 0.0140. The third-order valence-electron chi connectivity index (χ3n) is 4.12. The quantitative estimate of drug-likeness (QED) is 0.734. The summed E-state index contributed by atoms with van der Waals surface area (Å²) in [4.78, 5) is 16.7. The predicted octanol–water partition coefficient (Wildman–Crippen LogP) is -0.827. The second-order valence-corrected chi connectivity index (χ2v) is 8.34. The third-order valence-corrected chi connectivity index (χ3v) is 5.89. The Hall–Kier alpha value is -0.660. The van der Waals surface area contributed by atoms with Gasteiger partial charge in [-0.1, -0.05) is 0 Å². The molecule has 0 aromatic heterocycles. The summed E-state index contributed by atoms with van der Waals surface area (Å²) < 4.78 is 22.8. The van der Waals surface area contributed by atoms with Crippen molar-refractivity contribution >= 4 is 15.7 Å². The molecule has 1 amide bonds. The average molecular weight is 303 g/mol. The van der Waals surface area contributed by atoms with E-state index in [0.29, 0.717) is 6.42 Å². The van der Waals surface area contributed by atoms with Gasteiger partial charge in [-0.2, -0.15) is 0 Å². The summed E-state index contributed by atoms with van der Waals surface area (Å²) >= 11 is 0. The second kappa shape index (κ2) is 6.41. The molecule has 0 saturated carbocycles. The topological polar surface area (TPSA) is 69.7 Å². The molecule has 6 nitrogen and oxygen atoms in total. The molecule has 2 heterocycles. The second-order valence-electron chi connectivity index (χ2n) is 6.11. The summed E-state index contributed by atoms with van der Waals surface area (Å²) in [6.45, 7) is 6.98. The van der Waals surface area contributed by atoms with Crippen LogP contribution >= 0.6 is 0 Å². The van der Waals surface area contributed by atoms with Crippen LogP contribution in [-0.4, -0.2) is 81.4 Å². The highest BCUT2D eigenvalue weighted by Gasteiger charge is 2.33. The van der Waals surface area contributed by atoms with Crippen LogP contribution in [0.4, 0.5) is 0 Å². The first-order valence-electron chi connectivity index (χ1n) is 7.27. The summed E-state index contributed by atoms with van der Waals surface area (Å²) in [7, 11) is -0.872. The Bertz CT molecular complexity index is 444. The van der Waals surface area contributed by atoms with Gasteiger partial charge in [0.15, 0.2) is 9.84 Å². The molecule has 20 heavy (non-hydrogen) atoms. The lowest BCUT2D eigenvalue weighted by Gasteiger charge is -2.34. The molecule has 7 heteroatoms. The van der Waals surface area contributed by atoms with Crippen molar-refractivity contribution in [3.05, 3.63) is 0 Å². The Morgan fingerprint density at radius 2 is 1.95 bits per heavy atom. The highest BCUT2D eigenvalue weighted by molar-refractivity contribution is 7.91. The molecule has 0 spiro atoms. The molecule has 2 aliphatic heterocycles. The number of piperazine rings is 1. The predicted molar refractivity (Wildman–Crippen MR) is 78.3 cm³/mol. The van der Waals surface area contributed by atoms with Gasteiger partial charge in [-0.15, -0.1) is 0 Å². The number of carbonyl (C=O) groups is 1. The van der Waals surface area contributed by atoms with Gasteiger partial charge in [0, 0.05) is 38.8 Å². The molecular formula is C13H25N3O3S. The van der Waals surface area contributed by atoms with Gasteiger partial charge in [0.1, 0.15) is 0 Å². The van der Waals surface area contributed by atoms with Gasteiger partial charge in [-0.25, -0.2) is 8.42 Å². The van der Waals surface area contributed by atoms with E-state index in [2.05, 4.69) is 22.2 Å². The molecular weight excluding hydrogens is 278 g/mol. The van der Waals surface area contributed by atoms with Crippen molar-refractivity contribution in [2.45, 2.75) is 19.4 Å². The van der Waals surface area contributed by atoms with Gasteiger partial charge in [-0.3, -0.25) is 9.69 Å². The summed E-state index contributed by atoms with van der Waals surface area (Å²) in [5, 5.41) is 2.96. The smallest absolute Gasteiger partial charge is 0.224 e. The van der Waals surface area contributed by atoms with E-state index in [-0.39, 0.29) is 29.4 Å². The Balaban J connectivity index is 1.74. The molecule has 0 bridgehead atoms. The molecule has 2 saturated heterocycles. The standard InChI is InChI=1S/C13H25N3O3S/c1-11(9-16-6-4-15(2)5-7-16)14-13(17)12-3-8-20(18,19)10-12/h11-12H,3-10H2,1-2H3,(H,14,17). The summed E-state index contributed by atoms with van der Waals surface area (Å²) in [5.74, 6) is -0.291. The maximum Gasteiger partial charge on any atom is 0.224 e. The molecule has 2 unspecified atom stereocenters. The van der Waals surface area contributed by atoms with E-state index in [1.165, 1.54) is 0 Å². The lowest BCUT2D eigenvalue weighted by molar-refractivity contribution is -0.125. The van der Waals surface area contributed by atoms with E-state index in [1.807, 2.05) is 6.92 Å². The Morgan fingerprint density at radius 1 is 1.30 bits per heavy atom. The summed E-state index contributed by atoms with van der Waals surface area (Å²) in [5.41, 5.74) is 0.